The molecule has 1 atom stereocenters. The zero-order chi connectivity index (χ0) is 14.4. The fourth-order valence-electron chi connectivity index (χ4n) is 1.50. The summed E-state index contributed by atoms with van der Waals surface area (Å²) < 4.78 is 0. The number of nitrogens with one attached hydrogen (secondary N) is 2. The Bertz CT molecular complexity index is 446. The molecule has 5 nitrogen and oxygen atoms in total. The van der Waals surface area contributed by atoms with E-state index in [9.17, 15) is 9.59 Å². The van der Waals surface area contributed by atoms with Gasteiger partial charge in [0.05, 0.1) is 6.04 Å². The summed E-state index contributed by atoms with van der Waals surface area (Å²) in [5.74, 6) is -0.269. The van der Waals surface area contributed by atoms with E-state index in [4.69, 9.17) is 5.73 Å². The number of amides is 2. The molecule has 0 bridgehead atoms. The lowest BCUT2D eigenvalue weighted by Gasteiger charge is -2.15. The van der Waals surface area contributed by atoms with Crippen molar-refractivity contribution in [2.24, 2.45) is 11.7 Å². The molecule has 0 spiro atoms. The van der Waals surface area contributed by atoms with Gasteiger partial charge in [-0.1, -0.05) is 13.8 Å². The minimum Gasteiger partial charge on any atom is -0.352 e. The van der Waals surface area contributed by atoms with Gasteiger partial charge in [0.2, 0.25) is 5.91 Å². The number of benzene rings is 1. The number of hydrogen-bond donors (Lipinski definition) is 3. The first-order valence-corrected chi connectivity index (χ1v) is 6.40. The van der Waals surface area contributed by atoms with Crippen molar-refractivity contribution in [2.75, 3.05) is 11.9 Å². The fourth-order valence-corrected chi connectivity index (χ4v) is 1.50. The van der Waals surface area contributed by atoms with E-state index in [1.807, 2.05) is 20.8 Å². The molecule has 0 radical (unpaired) electrons. The average molecular weight is 300 g/mol. The molecule has 0 aliphatic carbocycles. The van der Waals surface area contributed by atoms with Gasteiger partial charge < -0.3 is 16.4 Å². The van der Waals surface area contributed by atoms with Gasteiger partial charge in [0.25, 0.3) is 5.91 Å². The number of hydrogen-bond acceptors (Lipinski definition) is 3. The van der Waals surface area contributed by atoms with Crippen molar-refractivity contribution in [3.05, 3.63) is 29.8 Å². The Balaban J connectivity index is 0.00000361. The molecule has 0 aromatic heterocycles. The molecule has 20 heavy (non-hydrogen) atoms. The maximum atomic E-state index is 11.8. The SMILES string of the molecule is CCNC(=O)c1ccc(NC(=O)[C@H](N)C(C)C)cc1.Cl. The Morgan fingerprint density at radius 3 is 2.20 bits per heavy atom. The summed E-state index contributed by atoms with van der Waals surface area (Å²) in [7, 11) is 0. The molecule has 6 heteroatoms. The Morgan fingerprint density at radius 1 is 1.20 bits per heavy atom. The number of nitrogens with two attached hydrogens (primary N) is 1. The van der Waals surface area contributed by atoms with Crippen molar-refractivity contribution in [1.29, 1.82) is 0 Å². The first-order chi connectivity index (χ1) is 8.95. The normalized spacial score (nSPS) is 11.4. The van der Waals surface area contributed by atoms with Gasteiger partial charge in [0, 0.05) is 17.8 Å². The van der Waals surface area contributed by atoms with Gasteiger partial charge in [-0.3, -0.25) is 9.59 Å². The summed E-state index contributed by atoms with van der Waals surface area (Å²) in [4.78, 5) is 23.3. The highest BCUT2D eigenvalue weighted by molar-refractivity contribution is 5.97. The summed E-state index contributed by atoms with van der Waals surface area (Å²) >= 11 is 0. The molecule has 0 saturated carbocycles. The van der Waals surface area contributed by atoms with Crippen LogP contribution in [-0.4, -0.2) is 24.4 Å². The maximum Gasteiger partial charge on any atom is 0.251 e. The van der Waals surface area contributed by atoms with Crippen LogP contribution in [0, 0.1) is 5.92 Å². The largest absolute Gasteiger partial charge is 0.352 e. The predicted octanol–water partition coefficient (Wildman–Crippen LogP) is 1.78. The Hall–Kier alpha value is -1.59. The second-order valence-electron chi connectivity index (χ2n) is 4.70. The van der Waals surface area contributed by atoms with E-state index in [1.54, 1.807) is 24.3 Å². The molecule has 1 aromatic carbocycles. The van der Waals surface area contributed by atoms with Crippen molar-refractivity contribution < 1.29 is 9.59 Å². The van der Waals surface area contributed by atoms with Crippen molar-refractivity contribution in [1.82, 2.24) is 5.32 Å². The van der Waals surface area contributed by atoms with Crippen LogP contribution in [0.25, 0.3) is 0 Å². The number of anilines is 1. The van der Waals surface area contributed by atoms with E-state index in [-0.39, 0.29) is 30.1 Å². The third-order valence-corrected chi connectivity index (χ3v) is 2.77. The molecule has 1 aromatic rings. The topological polar surface area (TPSA) is 84.2 Å². The second kappa shape index (κ2) is 8.55. The number of halogens is 1. The van der Waals surface area contributed by atoms with Crippen LogP contribution in [0.3, 0.4) is 0 Å². The van der Waals surface area contributed by atoms with E-state index < -0.39 is 6.04 Å². The van der Waals surface area contributed by atoms with E-state index in [1.165, 1.54) is 0 Å². The smallest absolute Gasteiger partial charge is 0.251 e. The van der Waals surface area contributed by atoms with Gasteiger partial charge in [0.1, 0.15) is 0 Å². The van der Waals surface area contributed by atoms with Crippen molar-refractivity contribution in [3.8, 4) is 0 Å². The highest BCUT2D eigenvalue weighted by atomic mass is 35.5. The summed E-state index contributed by atoms with van der Waals surface area (Å²) in [6.45, 7) is 6.23. The zero-order valence-corrected chi connectivity index (χ0v) is 12.8. The first-order valence-electron chi connectivity index (χ1n) is 6.40. The Morgan fingerprint density at radius 2 is 1.75 bits per heavy atom. The quantitative estimate of drug-likeness (QED) is 0.775. The van der Waals surface area contributed by atoms with Gasteiger partial charge in [-0.2, -0.15) is 0 Å². The van der Waals surface area contributed by atoms with Crippen LogP contribution < -0.4 is 16.4 Å². The van der Waals surface area contributed by atoms with Gasteiger partial charge in [0.15, 0.2) is 0 Å². The van der Waals surface area contributed by atoms with Crippen LogP contribution in [0.2, 0.25) is 0 Å². The van der Waals surface area contributed by atoms with Crippen LogP contribution in [0.15, 0.2) is 24.3 Å². The number of rotatable bonds is 5. The second-order valence-corrected chi connectivity index (χ2v) is 4.70. The van der Waals surface area contributed by atoms with Crippen LogP contribution >= 0.6 is 12.4 Å². The molecule has 0 unspecified atom stereocenters. The Kier molecular flexibility index (Phi) is 7.87. The van der Waals surface area contributed by atoms with E-state index in [0.29, 0.717) is 17.8 Å². The summed E-state index contributed by atoms with van der Waals surface area (Å²) in [5, 5.41) is 5.43. The molecule has 2 amide bonds. The number of carbonyl (C=O) groups excluding carboxylic acids is 2. The lowest BCUT2D eigenvalue weighted by molar-refractivity contribution is -0.118. The molecule has 0 aliphatic rings. The highest BCUT2D eigenvalue weighted by Crippen LogP contribution is 2.11. The molecule has 1 rings (SSSR count). The minimum absolute atomic E-state index is 0. The van der Waals surface area contributed by atoms with Crippen molar-refractivity contribution >= 4 is 29.9 Å². The maximum absolute atomic E-state index is 11.8. The van der Waals surface area contributed by atoms with Crippen LogP contribution in [0.4, 0.5) is 5.69 Å². The van der Waals surface area contributed by atoms with E-state index in [0.717, 1.165) is 0 Å². The lowest BCUT2D eigenvalue weighted by atomic mass is 10.0. The van der Waals surface area contributed by atoms with Gasteiger partial charge in [-0.25, -0.2) is 0 Å². The third kappa shape index (κ3) is 5.19. The van der Waals surface area contributed by atoms with Gasteiger partial charge in [-0.05, 0) is 37.1 Å². The molecule has 112 valence electrons. The molecule has 0 saturated heterocycles. The van der Waals surface area contributed by atoms with Crippen molar-refractivity contribution in [2.45, 2.75) is 26.8 Å². The molecular weight excluding hydrogens is 278 g/mol. The monoisotopic (exact) mass is 299 g/mol. The van der Waals surface area contributed by atoms with Crippen molar-refractivity contribution in [3.63, 3.8) is 0 Å². The zero-order valence-electron chi connectivity index (χ0n) is 12.0. The van der Waals surface area contributed by atoms with E-state index >= 15 is 0 Å². The standard InChI is InChI=1S/C14H21N3O2.ClH/c1-4-16-13(18)10-5-7-11(8-6-10)17-14(19)12(15)9(2)3;/h5-9,12H,4,15H2,1-3H3,(H,16,18)(H,17,19);1H/t12-;/m1./s1. The summed E-state index contributed by atoms with van der Waals surface area (Å²) in [6.07, 6.45) is 0. The predicted molar refractivity (Wildman–Crippen MR) is 83.1 cm³/mol. The summed E-state index contributed by atoms with van der Waals surface area (Å²) in [6, 6.07) is 6.18. The minimum atomic E-state index is -0.539. The average Bonchev–Trinajstić information content (AvgIpc) is 2.38. The van der Waals surface area contributed by atoms with Crippen LogP contribution in [0.5, 0.6) is 0 Å². The Labute approximate surface area is 125 Å². The molecule has 4 N–H and O–H groups in total. The van der Waals surface area contributed by atoms with Crippen LogP contribution in [-0.2, 0) is 4.79 Å². The molecule has 0 heterocycles. The number of carbonyl (C=O) groups is 2. The third-order valence-electron chi connectivity index (χ3n) is 2.77. The fraction of sp³-hybridized carbons (Fsp3) is 0.429. The van der Waals surface area contributed by atoms with Crippen LogP contribution in [0.1, 0.15) is 31.1 Å². The molecular formula is C14H22ClN3O2. The first kappa shape index (κ1) is 18.4. The van der Waals surface area contributed by atoms with E-state index in [2.05, 4.69) is 10.6 Å². The molecule has 0 fully saturated rings. The highest BCUT2D eigenvalue weighted by Gasteiger charge is 2.17. The summed E-state index contributed by atoms with van der Waals surface area (Å²) in [5.41, 5.74) is 6.95. The van der Waals surface area contributed by atoms with Gasteiger partial charge >= 0.3 is 0 Å². The van der Waals surface area contributed by atoms with Gasteiger partial charge in [-0.15, -0.1) is 12.4 Å². The lowest BCUT2D eigenvalue weighted by Crippen LogP contribution is -2.39. The molecule has 0 aliphatic heterocycles.